The van der Waals surface area contributed by atoms with Gasteiger partial charge in [-0.1, -0.05) is 0 Å². The third-order valence-corrected chi connectivity index (χ3v) is 0.556. The molecule has 9 heavy (non-hydrogen) atoms. The molecule has 1 rings (SSSR count). The Morgan fingerprint density at radius 3 is 1.33 bits per heavy atom. The molecule has 0 atom stereocenters. The first kappa shape index (κ1) is 22.6. The van der Waals surface area contributed by atoms with Gasteiger partial charge in [0.25, 0.3) is 0 Å². The Morgan fingerprint density at radius 1 is 0.889 bits per heavy atom. The minimum absolute atomic E-state index is 0. The SMILES string of the molecule is [CH3-].[Cl-].[Cl-].[Hf+4].c1cc[cH-]c1. The zero-order chi connectivity index (χ0) is 3.54. The summed E-state index contributed by atoms with van der Waals surface area (Å²) in [6.45, 7) is 0. The van der Waals surface area contributed by atoms with E-state index in [-0.39, 0.29) is 58.1 Å². The minimum Gasteiger partial charge on any atom is -1.00 e. The van der Waals surface area contributed by atoms with Crippen LogP contribution in [0.4, 0.5) is 0 Å². The van der Waals surface area contributed by atoms with Crippen LogP contribution in [0, 0.1) is 7.43 Å². The summed E-state index contributed by atoms with van der Waals surface area (Å²) in [6, 6.07) is 10.0. The zero-order valence-electron chi connectivity index (χ0n) is 5.14. The Morgan fingerprint density at radius 2 is 1.22 bits per heavy atom. The van der Waals surface area contributed by atoms with Crippen molar-refractivity contribution in [1.82, 2.24) is 0 Å². The predicted molar refractivity (Wildman–Crippen MR) is 28.4 cm³/mol. The van der Waals surface area contributed by atoms with Gasteiger partial charge in [-0.05, 0) is 0 Å². The zero-order valence-corrected chi connectivity index (χ0v) is 10.2. The Labute approximate surface area is 88.0 Å². The van der Waals surface area contributed by atoms with Gasteiger partial charge in [0.15, 0.2) is 0 Å². The van der Waals surface area contributed by atoms with Crippen LogP contribution in [-0.2, 0) is 25.8 Å². The molecule has 0 spiro atoms. The van der Waals surface area contributed by atoms with E-state index < -0.39 is 0 Å². The van der Waals surface area contributed by atoms with Gasteiger partial charge in [-0.2, -0.15) is 18.2 Å². The Kier molecular flexibility index (Phi) is 39.9. The molecule has 0 radical (unpaired) electrons. The van der Waals surface area contributed by atoms with Crippen molar-refractivity contribution in [3.63, 3.8) is 0 Å². The van der Waals surface area contributed by atoms with Gasteiger partial charge < -0.3 is 32.2 Å². The first-order valence-corrected chi connectivity index (χ1v) is 1.67. The summed E-state index contributed by atoms with van der Waals surface area (Å²) in [5, 5.41) is 0. The van der Waals surface area contributed by atoms with Crippen LogP contribution in [0.1, 0.15) is 0 Å². The molecule has 0 aliphatic carbocycles. The van der Waals surface area contributed by atoms with Crippen LogP contribution in [0.3, 0.4) is 0 Å². The van der Waals surface area contributed by atoms with E-state index in [9.17, 15) is 0 Å². The molecule has 0 nitrogen and oxygen atoms in total. The second-order valence-corrected chi connectivity index (χ2v) is 0.962. The van der Waals surface area contributed by atoms with Crippen LogP contribution in [-0.4, -0.2) is 0 Å². The number of rotatable bonds is 0. The average molecular weight is 330 g/mol. The molecule has 0 bridgehead atoms. The summed E-state index contributed by atoms with van der Waals surface area (Å²) >= 11 is 0. The third-order valence-electron chi connectivity index (χ3n) is 0.556. The van der Waals surface area contributed by atoms with Crippen molar-refractivity contribution in [2.75, 3.05) is 0 Å². The van der Waals surface area contributed by atoms with Crippen LogP contribution in [0.15, 0.2) is 30.3 Å². The second-order valence-electron chi connectivity index (χ2n) is 0.962. The first-order valence-electron chi connectivity index (χ1n) is 1.67. The molecule has 0 saturated carbocycles. The predicted octanol–water partition coefficient (Wildman–Crippen LogP) is -4.14. The molecule has 0 saturated heterocycles. The van der Waals surface area contributed by atoms with Crippen LogP contribution < -0.4 is 24.8 Å². The number of halogens is 2. The molecule has 0 N–H and O–H groups in total. The fraction of sp³-hybridized carbons (Fsp3) is 0. The molecular formula is C6H8Cl2Hf. The normalized spacial score (nSPS) is 4.44. The maximum atomic E-state index is 2.00. The molecule has 1 aromatic carbocycles. The Balaban J connectivity index is -0.0000000312. The molecule has 0 amide bonds. The Hall–Kier alpha value is 0.800. The summed E-state index contributed by atoms with van der Waals surface area (Å²) in [7, 11) is 0. The van der Waals surface area contributed by atoms with E-state index in [1.165, 1.54) is 0 Å². The van der Waals surface area contributed by atoms with Gasteiger partial charge in [0.05, 0.1) is 0 Å². The fourth-order valence-corrected chi connectivity index (χ4v) is 0.321. The first-order chi connectivity index (χ1) is 2.50. The van der Waals surface area contributed by atoms with Crippen molar-refractivity contribution in [3.05, 3.63) is 37.8 Å². The Bertz CT molecular complexity index is 67.5. The molecule has 0 aliphatic heterocycles. The fourth-order valence-electron chi connectivity index (χ4n) is 0.321. The van der Waals surface area contributed by atoms with E-state index in [1.807, 2.05) is 30.3 Å². The summed E-state index contributed by atoms with van der Waals surface area (Å²) in [6.07, 6.45) is 0. The second kappa shape index (κ2) is 15.9. The van der Waals surface area contributed by atoms with E-state index in [4.69, 9.17) is 0 Å². The maximum absolute atomic E-state index is 2.00. The summed E-state index contributed by atoms with van der Waals surface area (Å²) < 4.78 is 0. The number of hydrogen-bond donors (Lipinski definition) is 0. The summed E-state index contributed by atoms with van der Waals surface area (Å²) in [5.74, 6) is 0. The minimum atomic E-state index is 0. The molecule has 3 heteroatoms. The molecule has 0 aromatic heterocycles. The average Bonchev–Trinajstić information content (AvgIpc) is 1.76. The molecule has 1 aromatic rings. The van der Waals surface area contributed by atoms with Crippen molar-refractivity contribution >= 4 is 0 Å². The molecule has 0 unspecified atom stereocenters. The van der Waals surface area contributed by atoms with Crippen molar-refractivity contribution in [2.24, 2.45) is 0 Å². The van der Waals surface area contributed by atoms with Gasteiger partial charge in [-0.3, -0.25) is 0 Å². The van der Waals surface area contributed by atoms with Crippen LogP contribution >= 0.6 is 0 Å². The van der Waals surface area contributed by atoms with Gasteiger partial charge in [-0.25, -0.2) is 12.1 Å². The number of hydrogen-bond acceptors (Lipinski definition) is 0. The van der Waals surface area contributed by atoms with Crippen LogP contribution in [0.2, 0.25) is 0 Å². The van der Waals surface area contributed by atoms with Crippen molar-refractivity contribution in [3.8, 4) is 0 Å². The van der Waals surface area contributed by atoms with Gasteiger partial charge in [-0.15, -0.1) is 0 Å². The smallest absolute Gasteiger partial charge is 1.00 e. The summed E-state index contributed by atoms with van der Waals surface area (Å²) in [4.78, 5) is 0. The topological polar surface area (TPSA) is 0 Å². The summed E-state index contributed by atoms with van der Waals surface area (Å²) in [5.41, 5.74) is 0. The van der Waals surface area contributed by atoms with Gasteiger partial charge in [0, 0.05) is 0 Å². The molecule has 0 fully saturated rings. The molecule has 0 aliphatic rings. The van der Waals surface area contributed by atoms with Gasteiger partial charge in [0.1, 0.15) is 0 Å². The van der Waals surface area contributed by atoms with E-state index in [0.717, 1.165) is 0 Å². The van der Waals surface area contributed by atoms with E-state index in [0.29, 0.717) is 0 Å². The molecular weight excluding hydrogens is 321 g/mol. The van der Waals surface area contributed by atoms with Crippen molar-refractivity contribution < 1.29 is 50.7 Å². The van der Waals surface area contributed by atoms with Crippen LogP contribution in [0.5, 0.6) is 0 Å². The van der Waals surface area contributed by atoms with Crippen LogP contribution in [0.25, 0.3) is 0 Å². The van der Waals surface area contributed by atoms with Gasteiger partial charge >= 0.3 is 25.8 Å². The molecule has 50 valence electrons. The van der Waals surface area contributed by atoms with Crippen molar-refractivity contribution in [2.45, 2.75) is 0 Å². The van der Waals surface area contributed by atoms with E-state index >= 15 is 0 Å². The van der Waals surface area contributed by atoms with Crippen molar-refractivity contribution in [1.29, 1.82) is 0 Å². The molecule has 0 heterocycles. The maximum Gasteiger partial charge on any atom is 4.00 e. The largest absolute Gasteiger partial charge is 4.00 e. The van der Waals surface area contributed by atoms with E-state index in [2.05, 4.69) is 0 Å². The standard InChI is InChI=1S/C5H5.CH3.2ClH.Hf/c1-2-4-5-3-1;;;;/h1-5H;1H3;2*1H;/q2*-1;;;+4/p-2. The third kappa shape index (κ3) is 12.1. The quantitative estimate of drug-likeness (QED) is 0.335. The van der Waals surface area contributed by atoms with E-state index in [1.54, 1.807) is 0 Å². The van der Waals surface area contributed by atoms with Gasteiger partial charge in [0.2, 0.25) is 0 Å². The monoisotopic (exact) mass is 330 g/mol.